The maximum absolute atomic E-state index is 10.5. The molecule has 1 unspecified atom stereocenters. The van der Waals surface area contributed by atoms with E-state index < -0.39 is 5.97 Å². The molecule has 1 atom stereocenters. The Labute approximate surface area is 148 Å². The van der Waals surface area contributed by atoms with E-state index in [1.807, 2.05) is 0 Å². The molecule has 0 aromatic heterocycles. The van der Waals surface area contributed by atoms with Crippen molar-refractivity contribution in [3.63, 3.8) is 0 Å². The van der Waals surface area contributed by atoms with Gasteiger partial charge in [0.15, 0.2) is 0 Å². The number of methoxy groups -OCH3 is 1. The molecule has 0 aromatic carbocycles. The number of carbonyl (C=O) groups is 1. The highest BCUT2D eigenvalue weighted by Gasteiger charge is 2.11. The van der Waals surface area contributed by atoms with E-state index in [4.69, 9.17) is 19.3 Å². The van der Waals surface area contributed by atoms with Crippen molar-refractivity contribution in [3.8, 4) is 0 Å². The zero-order chi connectivity index (χ0) is 17.9. The highest BCUT2D eigenvalue weighted by molar-refractivity contribution is 5.68. The van der Waals surface area contributed by atoms with Crippen molar-refractivity contribution in [3.05, 3.63) is 0 Å². The zero-order valence-corrected chi connectivity index (χ0v) is 15.8. The minimum absolute atomic E-state index is 0.307. The molecule has 0 rings (SSSR count). The first kappa shape index (κ1) is 23.4. The normalized spacial score (nSPS) is 12.4. The average molecular weight is 347 g/mol. The summed E-state index contributed by atoms with van der Waals surface area (Å²) in [6.07, 6.45) is 14.1. The molecule has 0 saturated carbocycles. The third-order valence-electron chi connectivity index (χ3n) is 3.99. The van der Waals surface area contributed by atoms with Crippen LogP contribution in [0.15, 0.2) is 0 Å². The molecular formula is C19H38O5. The van der Waals surface area contributed by atoms with Crippen molar-refractivity contribution in [2.75, 3.05) is 33.5 Å². The van der Waals surface area contributed by atoms with Gasteiger partial charge in [0.25, 0.3) is 0 Å². The van der Waals surface area contributed by atoms with Gasteiger partial charge >= 0.3 is 5.97 Å². The van der Waals surface area contributed by atoms with Crippen LogP contribution in [0.3, 0.4) is 0 Å². The first-order valence-corrected chi connectivity index (χ1v) is 9.60. The van der Waals surface area contributed by atoms with Gasteiger partial charge in [0.1, 0.15) is 12.7 Å². The van der Waals surface area contributed by atoms with Crippen LogP contribution in [-0.2, 0) is 19.0 Å². The Kier molecular flexibility index (Phi) is 18.2. The van der Waals surface area contributed by atoms with E-state index in [1.54, 1.807) is 7.11 Å². The molecule has 0 spiro atoms. The van der Waals surface area contributed by atoms with E-state index in [0.29, 0.717) is 19.8 Å². The largest absolute Gasteiger partial charge is 0.480 e. The predicted molar refractivity (Wildman–Crippen MR) is 96.5 cm³/mol. The topological polar surface area (TPSA) is 65.0 Å². The van der Waals surface area contributed by atoms with Gasteiger partial charge in [0.05, 0.1) is 13.2 Å². The number of unbranched alkanes of at least 4 members (excludes halogenated alkanes) is 10. The molecule has 0 aromatic rings. The number of carboxylic acid groups (broad SMARTS) is 1. The zero-order valence-electron chi connectivity index (χ0n) is 15.8. The lowest BCUT2D eigenvalue weighted by molar-refractivity contribution is -0.147. The van der Waals surface area contributed by atoms with Crippen LogP contribution in [0.2, 0.25) is 0 Å². The van der Waals surface area contributed by atoms with Crippen LogP contribution in [0.4, 0.5) is 0 Å². The molecule has 0 bridgehead atoms. The fourth-order valence-electron chi connectivity index (χ4n) is 2.60. The lowest BCUT2D eigenvalue weighted by Gasteiger charge is -2.16. The number of carboxylic acids is 1. The van der Waals surface area contributed by atoms with Crippen LogP contribution in [-0.4, -0.2) is 50.7 Å². The molecule has 1 N–H and O–H groups in total. The lowest BCUT2D eigenvalue weighted by Crippen LogP contribution is -2.27. The van der Waals surface area contributed by atoms with Crippen molar-refractivity contribution < 1.29 is 24.1 Å². The quantitative estimate of drug-likeness (QED) is 0.351. The second kappa shape index (κ2) is 18.7. The molecule has 0 heterocycles. The predicted octanol–water partition coefficient (Wildman–Crippen LogP) is 4.43. The summed E-state index contributed by atoms with van der Waals surface area (Å²) >= 11 is 0. The van der Waals surface area contributed by atoms with Gasteiger partial charge in [-0.15, -0.1) is 0 Å². The molecule has 5 heteroatoms. The monoisotopic (exact) mass is 346 g/mol. The Hall–Kier alpha value is -0.650. The van der Waals surface area contributed by atoms with E-state index in [9.17, 15) is 4.79 Å². The van der Waals surface area contributed by atoms with Crippen LogP contribution in [0, 0.1) is 0 Å². The summed E-state index contributed by atoms with van der Waals surface area (Å²) in [6.45, 7) is 3.39. The van der Waals surface area contributed by atoms with Gasteiger partial charge in [-0.1, -0.05) is 71.1 Å². The molecular weight excluding hydrogens is 308 g/mol. The number of aliphatic carboxylic acids is 1. The Bertz CT molecular complexity index is 270. The highest BCUT2D eigenvalue weighted by Crippen LogP contribution is 2.11. The molecule has 0 saturated heterocycles. The highest BCUT2D eigenvalue weighted by atomic mass is 16.6. The number of hydrogen-bond donors (Lipinski definition) is 1. The molecule has 0 fully saturated rings. The van der Waals surface area contributed by atoms with E-state index >= 15 is 0 Å². The maximum Gasteiger partial charge on any atom is 0.329 e. The first-order valence-electron chi connectivity index (χ1n) is 9.60. The molecule has 0 aliphatic carbocycles. The summed E-state index contributed by atoms with van der Waals surface area (Å²) in [5.41, 5.74) is 0. The first-order chi connectivity index (χ1) is 11.7. The fraction of sp³-hybridized carbons (Fsp3) is 0.947. The number of hydrogen-bond acceptors (Lipinski definition) is 4. The number of ether oxygens (including phenoxy) is 3. The number of rotatable bonds is 19. The minimum Gasteiger partial charge on any atom is -0.480 e. The average Bonchev–Trinajstić information content (AvgIpc) is 2.56. The van der Waals surface area contributed by atoms with E-state index in [-0.39, 0.29) is 12.7 Å². The molecule has 0 amide bonds. The van der Waals surface area contributed by atoms with Crippen LogP contribution in [0.5, 0.6) is 0 Å². The van der Waals surface area contributed by atoms with Gasteiger partial charge in [-0.3, -0.25) is 0 Å². The van der Waals surface area contributed by atoms with Gasteiger partial charge in [0.2, 0.25) is 0 Å². The summed E-state index contributed by atoms with van der Waals surface area (Å²) in [7, 11) is 1.57. The van der Waals surface area contributed by atoms with Gasteiger partial charge in [-0.05, 0) is 6.42 Å². The molecule has 24 heavy (non-hydrogen) atoms. The molecule has 144 valence electrons. The SMILES string of the molecule is CCCCCCCCCCCCCOCC(COC)OCC(=O)O. The Morgan fingerprint density at radius 2 is 1.42 bits per heavy atom. The summed E-state index contributed by atoms with van der Waals surface area (Å²) in [4.78, 5) is 10.5. The molecule has 0 aliphatic rings. The lowest BCUT2D eigenvalue weighted by atomic mass is 10.1. The fourth-order valence-corrected chi connectivity index (χ4v) is 2.60. The second-order valence-electron chi connectivity index (χ2n) is 6.39. The smallest absolute Gasteiger partial charge is 0.329 e. The van der Waals surface area contributed by atoms with E-state index in [2.05, 4.69) is 6.92 Å². The minimum atomic E-state index is -0.971. The summed E-state index contributed by atoms with van der Waals surface area (Å²) in [6, 6.07) is 0. The maximum atomic E-state index is 10.5. The van der Waals surface area contributed by atoms with Gasteiger partial charge < -0.3 is 19.3 Å². The Morgan fingerprint density at radius 3 is 1.92 bits per heavy atom. The molecule has 5 nitrogen and oxygen atoms in total. The van der Waals surface area contributed by atoms with Gasteiger partial charge in [-0.25, -0.2) is 4.79 Å². The van der Waals surface area contributed by atoms with Crippen LogP contribution in [0.1, 0.15) is 77.6 Å². The van der Waals surface area contributed by atoms with Crippen molar-refractivity contribution >= 4 is 5.97 Å². The van der Waals surface area contributed by atoms with Crippen molar-refractivity contribution in [1.82, 2.24) is 0 Å². The van der Waals surface area contributed by atoms with E-state index in [1.165, 1.54) is 64.2 Å². The molecule has 0 radical (unpaired) electrons. The Balaban J connectivity index is 3.31. The van der Waals surface area contributed by atoms with Crippen LogP contribution >= 0.6 is 0 Å². The molecule has 0 aliphatic heterocycles. The third kappa shape index (κ3) is 17.7. The van der Waals surface area contributed by atoms with Gasteiger partial charge in [-0.2, -0.15) is 0 Å². The summed E-state index contributed by atoms with van der Waals surface area (Å²) < 4.78 is 15.8. The van der Waals surface area contributed by atoms with Crippen molar-refractivity contribution in [2.24, 2.45) is 0 Å². The van der Waals surface area contributed by atoms with E-state index in [0.717, 1.165) is 6.42 Å². The second-order valence-corrected chi connectivity index (χ2v) is 6.39. The standard InChI is InChI=1S/C19H38O5/c1-3-4-5-6-7-8-9-10-11-12-13-14-23-16-18(15-22-2)24-17-19(20)21/h18H,3-17H2,1-2H3,(H,20,21). The van der Waals surface area contributed by atoms with Crippen LogP contribution < -0.4 is 0 Å². The van der Waals surface area contributed by atoms with Crippen molar-refractivity contribution in [2.45, 2.75) is 83.7 Å². The summed E-state index contributed by atoms with van der Waals surface area (Å²) in [5.74, 6) is -0.971. The van der Waals surface area contributed by atoms with Crippen molar-refractivity contribution in [1.29, 1.82) is 0 Å². The third-order valence-corrected chi connectivity index (χ3v) is 3.99. The summed E-state index contributed by atoms with van der Waals surface area (Å²) in [5, 5.41) is 8.61. The van der Waals surface area contributed by atoms with Crippen LogP contribution in [0.25, 0.3) is 0 Å². The Morgan fingerprint density at radius 1 is 0.875 bits per heavy atom. The van der Waals surface area contributed by atoms with Gasteiger partial charge in [0, 0.05) is 13.7 Å².